The van der Waals surface area contributed by atoms with Crippen LogP contribution in [0.4, 0.5) is 0 Å². The Kier molecular flexibility index (Phi) is 3.89. The zero-order valence-electron chi connectivity index (χ0n) is 9.22. The summed E-state index contributed by atoms with van der Waals surface area (Å²) in [6.45, 7) is 7.59. The molecular weight excluding hydrogens is 180 g/mol. The van der Waals surface area contributed by atoms with Crippen molar-refractivity contribution in [3.63, 3.8) is 0 Å². The van der Waals surface area contributed by atoms with Crippen LogP contribution >= 0.6 is 0 Å². The highest BCUT2D eigenvalue weighted by Crippen LogP contribution is 2.12. The first kappa shape index (κ1) is 11.5. The largest absolute Gasteiger partial charge is 0.317 e. The maximum absolute atomic E-state index is 11.6. The number of nitrogens with one attached hydrogen (secondary N) is 2. The van der Waals surface area contributed by atoms with Crippen LogP contribution < -0.4 is 10.8 Å². The number of rotatable bonds is 2. The van der Waals surface area contributed by atoms with E-state index in [0.29, 0.717) is 0 Å². The molecule has 4 nitrogen and oxygen atoms in total. The van der Waals surface area contributed by atoms with Crippen LogP contribution in [0.25, 0.3) is 0 Å². The summed E-state index contributed by atoms with van der Waals surface area (Å²) >= 11 is 0. The smallest absolute Gasteiger partial charge is 0.246 e. The molecule has 82 valence electrons. The lowest BCUT2D eigenvalue weighted by atomic mass is 9.98. The molecule has 0 atom stereocenters. The molecular formula is C10H20N2O2. The second-order valence-electron chi connectivity index (χ2n) is 4.71. The summed E-state index contributed by atoms with van der Waals surface area (Å²) in [6, 6.07) is 0. The Labute approximate surface area is 85.3 Å². The lowest BCUT2D eigenvalue weighted by molar-refractivity contribution is -0.150. The topological polar surface area (TPSA) is 50.4 Å². The molecule has 0 saturated carbocycles. The minimum atomic E-state index is -0.317. The van der Waals surface area contributed by atoms with Crippen LogP contribution in [0.3, 0.4) is 0 Å². The minimum Gasteiger partial charge on any atom is -0.317 e. The number of piperidine rings is 1. The number of hydrogen-bond donors (Lipinski definition) is 2. The van der Waals surface area contributed by atoms with Gasteiger partial charge in [-0.2, -0.15) is 0 Å². The predicted octanol–water partition coefficient (Wildman–Crippen LogP) is 0.832. The van der Waals surface area contributed by atoms with Crippen LogP contribution in [0.15, 0.2) is 0 Å². The lowest BCUT2D eigenvalue weighted by Crippen LogP contribution is -2.41. The highest BCUT2D eigenvalue weighted by atomic mass is 16.7. The predicted molar refractivity (Wildman–Crippen MR) is 54.6 cm³/mol. The van der Waals surface area contributed by atoms with Gasteiger partial charge in [0.1, 0.15) is 0 Å². The van der Waals surface area contributed by atoms with E-state index in [-0.39, 0.29) is 17.4 Å². The third-order valence-electron chi connectivity index (χ3n) is 2.17. The fourth-order valence-corrected chi connectivity index (χ4v) is 1.37. The third kappa shape index (κ3) is 4.07. The number of amides is 1. The quantitative estimate of drug-likeness (QED) is 0.649. The molecule has 1 aliphatic heterocycles. The van der Waals surface area contributed by atoms with Gasteiger partial charge in [-0.05, 0) is 46.7 Å². The molecule has 1 aliphatic rings. The Bertz CT molecular complexity index is 193. The third-order valence-corrected chi connectivity index (χ3v) is 2.17. The van der Waals surface area contributed by atoms with Crippen molar-refractivity contribution in [3.05, 3.63) is 0 Å². The highest BCUT2D eigenvalue weighted by molar-refractivity contribution is 5.77. The maximum atomic E-state index is 11.6. The van der Waals surface area contributed by atoms with Crippen molar-refractivity contribution in [2.75, 3.05) is 13.1 Å². The van der Waals surface area contributed by atoms with Gasteiger partial charge in [0, 0.05) is 5.92 Å². The first-order valence-corrected chi connectivity index (χ1v) is 5.17. The van der Waals surface area contributed by atoms with Gasteiger partial charge in [-0.1, -0.05) is 0 Å². The highest BCUT2D eigenvalue weighted by Gasteiger charge is 2.22. The summed E-state index contributed by atoms with van der Waals surface area (Å²) in [5.74, 6) is 0.125. The Balaban J connectivity index is 2.27. The molecule has 0 aromatic heterocycles. The van der Waals surface area contributed by atoms with E-state index < -0.39 is 0 Å². The summed E-state index contributed by atoms with van der Waals surface area (Å²) in [6.07, 6.45) is 1.80. The van der Waals surface area contributed by atoms with Gasteiger partial charge in [-0.25, -0.2) is 5.48 Å². The van der Waals surface area contributed by atoms with E-state index >= 15 is 0 Å². The zero-order chi connectivity index (χ0) is 10.6. The van der Waals surface area contributed by atoms with Crippen molar-refractivity contribution in [3.8, 4) is 0 Å². The number of carbonyl (C=O) groups is 1. The Hall–Kier alpha value is -0.610. The van der Waals surface area contributed by atoms with E-state index in [4.69, 9.17) is 4.84 Å². The van der Waals surface area contributed by atoms with E-state index in [0.717, 1.165) is 25.9 Å². The summed E-state index contributed by atoms with van der Waals surface area (Å²) in [5.41, 5.74) is 2.21. The van der Waals surface area contributed by atoms with E-state index in [1.165, 1.54) is 0 Å². The van der Waals surface area contributed by atoms with Crippen molar-refractivity contribution in [2.24, 2.45) is 5.92 Å². The molecule has 14 heavy (non-hydrogen) atoms. The van der Waals surface area contributed by atoms with Gasteiger partial charge < -0.3 is 5.32 Å². The minimum absolute atomic E-state index is 0.0152. The molecule has 0 spiro atoms. The summed E-state index contributed by atoms with van der Waals surface area (Å²) in [7, 11) is 0. The molecule has 2 N–H and O–H groups in total. The zero-order valence-corrected chi connectivity index (χ0v) is 9.22. The van der Waals surface area contributed by atoms with Crippen LogP contribution in [0.5, 0.6) is 0 Å². The fraction of sp³-hybridized carbons (Fsp3) is 0.900. The number of hydrogen-bond acceptors (Lipinski definition) is 3. The van der Waals surface area contributed by atoms with Gasteiger partial charge in [0.25, 0.3) is 0 Å². The molecule has 1 fully saturated rings. The molecule has 0 unspecified atom stereocenters. The second-order valence-corrected chi connectivity index (χ2v) is 4.71. The molecule has 1 heterocycles. The molecule has 1 saturated heterocycles. The van der Waals surface area contributed by atoms with Crippen LogP contribution in [0.2, 0.25) is 0 Å². The molecule has 1 rings (SSSR count). The van der Waals surface area contributed by atoms with Crippen LogP contribution in [0.1, 0.15) is 33.6 Å². The van der Waals surface area contributed by atoms with Gasteiger partial charge in [-0.15, -0.1) is 0 Å². The molecule has 0 aromatic carbocycles. The summed E-state index contributed by atoms with van der Waals surface area (Å²) in [5, 5.41) is 3.22. The second kappa shape index (κ2) is 4.75. The monoisotopic (exact) mass is 200 g/mol. The normalized spacial score (nSPS) is 19.4. The van der Waals surface area contributed by atoms with Crippen molar-refractivity contribution in [1.29, 1.82) is 0 Å². The molecule has 0 aliphatic carbocycles. The average molecular weight is 200 g/mol. The maximum Gasteiger partial charge on any atom is 0.246 e. The van der Waals surface area contributed by atoms with Crippen LogP contribution in [-0.4, -0.2) is 24.6 Å². The van der Waals surface area contributed by atoms with E-state index in [1.807, 2.05) is 20.8 Å². The number of hydroxylamine groups is 1. The van der Waals surface area contributed by atoms with E-state index in [9.17, 15) is 4.79 Å². The van der Waals surface area contributed by atoms with E-state index in [2.05, 4.69) is 10.8 Å². The fourth-order valence-electron chi connectivity index (χ4n) is 1.37. The average Bonchev–Trinajstić information content (AvgIpc) is 2.14. The SMILES string of the molecule is CC(C)(C)ONC(=O)C1CCNCC1. The van der Waals surface area contributed by atoms with Crippen LogP contribution in [-0.2, 0) is 9.63 Å². The first-order valence-electron chi connectivity index (χ1n) is 5.17. The molecule has 0 radical (unpaired) electrons. The standard InChI is InChI=1S/C10H20N2O2/c1-10(2,3)14-12-9(13)8-4-6-11-7-5-8/h8,11H,4-7H2,1-3H3,(H,12,13). The van der Waals surface area contributed by atoms with Gasteiger partial charge >= 0.3 is 0 Å². The van der Waals surface area contributed by atoms with Crippen molar-refractivity contribution in [1.82, 2.24) is 10.8 Å². The van der Waals surface area contributed by atoms with Crippen LogP contribution in [0, 0.1) is 5.92 Å². The van der Waals surface area contributed by atoms with Gasteiger partial charge in [0.05, 0.1) is 5.60 Å². The molecule has 1 amide bonds. The van der Waals surface area contributed by atoms with E-state index in [1.54, 1.807) is 0 Å². The molecule has 0 aromatic rings. The summed E-state index contributed by atoms with van der Waals surface area (Å²) < 4.78 is 0. The number of carbonyl (C=O) groups excluding carboxylic acids is 1. The first-order chi connectivity index (χ1) is 6.49. The van der Waals surface area contributed by atoms with Crippen molar-refractivity contribution < 1.29 is 9.63 Å². The van der Waals surface area contributed by atoms with Gasteiger partial charge in [0.2, 0.25) is 5.91 Å². The Morgan fingerprint density at radius 2 is 1.93 bits per heavy atom. The Morgan fingerprint density at radius 3 is 2.43 bits per heavy atom. The Morgan fingerprint density at radius 1 is 1.36 bits per heavy atom. The van der Waals surface area contributed by atoms with Gasteiger partial charge in [0.15, 0.2) is 0 Å². The van der Waals surface area contributed by atoms with Crippen molar-refractivity contribution in [2.45, 2.75) is 39.2 Å². The summed E-state index contributed by atoms with van der Waals surface area (Å²) in [4.78, 5) is 16.8. The van der Waals surface area contributed by atoms with Crippen molar-refractivity contribution >= 4 is 5.91 Å². The van der Waals surface area contributed by atoms with Gasteiger partial charge in [-0.3, -0.25) is 9.63 Å². The lowest BCUT2D eigenvalue weighted by Gasteiger charge is -2.24. The molecule has 0 bridgehead atoms. The molecule has 4 heteroatoms.